The minimum atomic E-state index is 0. The van der Waals surface area contributed by atoms with Gasteiger partial charge in [-0.05, 0) is 65.1 Å². The first-order valence-electron chi connectivity index (χ1n) is 8.61. The van der Waals surface area contributed by atoms with Gasteiger partial charge in [0.25, 0.3) is 0 Å². The quantitative estimate of drug-likeness (QED) is 0.231. The number of hydrogen-bond donors (Lipinski definition) is 2. The fraction of sp³-hybridized carbons (Fsp3) is 0.938. The first kappa shape index (κ1) is 21.9. The van der Waals surface area contributed by atoms with Gasteiger partial charge in [-0.25, -0.2) is 0 Å². The lowest BCUT2D eigenvalue weighted by atomic mass is 10.3. The third-order valence-corrected chi connectivity index (χ3v) is 3.83. The minimum Gasteiger partial charge on any atom is -0.382 e. The molecule has 0 aromatic carbocycles. The smallest absolute Gasteiger partial charge is 0.190 e. The topological polar surface area (TPSA) is 48.9 Å². The molecule has 2 N–H and O–H groups in total. The van der Waals surface area contributed by atoms with Gasteiger partial charge in [-0.15, -0.1) is 24.0 Å². The van der Waals surface area contributed by atoms with Crippen molar-refractivity contribution in [1.82, 2.24) is 15.5 Å². The Bertz CT molecular complexity index is 271. The van der Waals surface area contributed by atoms with Gasteiger partial charge in [0.2, 0.25) is 0 Å². The van der Waals surface area contributed by atoms with Crippen molar-refractivity contribution in [3.05, 3.63) is 0 Å². The van der Waals surface area contributed by atoms with E-state index in [0.717, 1.165) is 45.1 Å². The summed E-state index contributed by atoms with van der Waals surface area (Å²) < 4.78 is 5.32. The van der Waals surface area contributed by atoms with Gasteiger partial charge in [-0.3, -0.25) is 4.99 Å². The highest BCUT2D eigenvalue weighted by atomic mass is 127. The van der Waals surface area contributed by atoms with Crippen molar-refractivity contribution < 1.29 is 4.74 Å². The second-order valence-electron chi connectivity index (χ2n) is 5.59. The third-order valence-electron chi connectivity index (χ3n) is 3.83. The molecule has 22 heavy (non-hydrogen) atoms. The van der Waals surface area contributed by atoms with Crippen LogP contribution in [-0.2, 0) is 4.74 Å². The van der Waals surface area contributed by atoms with E-state index >= 15 is 0 Å². The van der Waals surface area contributed by atoms with E-state index in [2.05, 4.69) is 20.5 Å². The Balaban J connectivity index is 0.00000441. The highest BCUT2D eigenvalue weighted by Crippen LogP contribution is 2.07. The minimum absolute atomic E-state index is 0. The third kappa shape index (κ3) is 11.5. The van der Waals surface area contributed by atoms with E-state index in [1.54, 1.807) is 0 Å². The second-order valence-corrected chi connectivity index (χ2v) is 5.59. The molecule has 0 radical (unpaired) electrons. The summed E-state index contributed by atoms with van der Waals surface area (Å²) in [6.45, 7) is 9.54. The van der Waals surface area contributed by atoms with Gasteiger partial charge in [-0.2, -0.15) is 0 Å². The molecule has 1 aliphatic heterocycles. The molecular weight excluding hydrogens is 391 g/mol. The van der Waals surface area contributed by atoms with Crippen LogP contribution in [0.15, 0.2) is 4.99 Å². The summed E-state index contributed by atoms with van der Waals surface area (Å²) in [4.78, 5) is 6.82. The number of unbranched alkanes of at least 4 members (excludes halogenated alkanes) is 2. The Kier molecular flexibility index (Phi) is 15.7. The van der Waals surface area contributed by atoms with Crippen molar-refractivity contribution in [2.45, 2.75) is 45.4 Å². The van der Waals surface area contributed by atoms with E-state index in [4.69, 9.17) is 4.74 Å². The van der Waals surface area contributed by atoms with E-state index in [9.17, 15) is 0 Å². The average Bonchev–Trinajstić information content (AvgIpc) is 3.01. The van der Waals surface area contributed by atoms with Crippen molar-refractivity contribution in [3.8, 4) is 0 Å². The molecule has 0 aliphatic carbocycles. The largest absolute Gasteiger partial charge is 0.382 e. The maximum absolute atomic E-state index is 5.32. The average molecular weight is 426 g/mol. The van der Waals surface area contributed by atoms with Crippen LogP contribution in [0, 0.1) is 0 Å². The highest BCUT2D eigenvalue weighted by Gasteiger charge is 2.09. The summed E-state index contributed by atoms with van der Waals surface area (Å²) in [5, 5.41) is 6.74. The molecule has 5 nitrogen and oxygen atoms in total. The van der Waals surface area contributed by atoms with E-state index in [0.29, 0.717) is 0 Å². The van der Waals surface area contributed by atoms with Crippen molar-refractivity contribution in [1.29, 1.82) is 0 Å². The van der Waals surface area contributed by atoms with Crippen LogP contribution in [0.25, 0.3) is 0 Å². The monoisotopic (exact) mass is 426 g/mol. The van der Waals surface area contributed by atoms with Gasteiger partial charge in [-0.1, -0.05) is 0 Å². The lowest BCUT2D eigenvalue weighted by Gasteiger charge is -2.15. The van der Waals surface area contributed by atoms with Crippen molar-refractivity contribution >= 4 is 29.9 Å². The van der Waals surface area contributed by atoms with E-state index < -0.39 is 0 Å². The number of ether oxygens (including phenoxy) is 1. The Labute approximate surface area is 153 Å². The van der Waals surface area contributed by atoms with E-state index in [1.807, 2.05) is 14.0 Å². The Hall–Kier alpha value is -0.0800. The second kappa shape index (κ2) is 15.8. The number of nitrogens with one attached hydrogen (secondary N) is 2. The molecule has 0 bridgehead atoms. The molecule has 0 saturated carbocycles. The number of guanidine groups is 1. The summed E-state index contributed by atoms with van der Waals surface area (Å²) in [7, 11) is 1.83. The molecule has 6 heteroatoms. The zero-order valence-electron chi connectivity index (χ0n) is 14.4. The molecule has 1 aliphatic rings. The molecule has 0 spiro atoms. The van der Waals surface area contributed by atoms with Crippen LogP contribution in [0.4, 0.5) is 0 Å². The van der Waals surface area contributed by atoms with Crippen LogP contribution in [0.2, 0.25) is 0 Å². The zero-order chi connectivity index (χ0) is 15.2. The number of hydrogen-bond acceptors (Lipinski definition) is 3. The maximum atomic E-state index is 5.32. The molecule has 1 rings (SSSR count). The summed E-state index contributed by atoms with van der Waals surface area (Å²) in [6, 6.07) is 0. The Morgan fingerprint density at radius 2 is 1.68 bits per heavy atom. The number of rotatable bonds is 11. The predicted molar refractivity (Wildman–Crippen MR) is 105 cm³/mol. The first-order chi connectivity index (χ1) is 10.4. The predicted octanol–water partition coefficient (Wildman–Crippen LogP) is 2.46. The Morgan fingerprint density at radius 1 is 1.05 bits per heavy atom. The molecule has 0 unspecified atom stereocenters. The lowest BCUT2D eigenvalue weighted by molar-refractivity contribution is 0.143. The van der Waals surface area contributed by atoms with Crippen molar-refractivity contribution in [2.24, 2.45) is 4.99 Å². The van der Waals surface area contributed by atoms with Gasteiger partial charge in [0.1, 0.15) is 0 Å². The van der Waals surface area contributed by atoms with E-state index in [1.165, 1.54) is 45.3 Å². The van der Waals surface area contributed by atoms with E-state index in [-0.39, 0.29) is 24.0 Å². The molecule has 0 aromatic heterocycles. The fourth-order valence-electron chi connectivity index (χ4n) is 2.57. The molecule has 0 aromatic rings. The lowest BCUT2D eigenvalue weighted by Crippen LogP contribution is -2.38. The van der Waals surface area contributed by atoms with Gasteiger partial charge in [0.05, 0.1) is 0 Å². The molecule has 1 fully saturated rings. The van der Waals surface area contributed by atoms with Gasteiger partial charge in [0.15, 0.2) is 5.96 Å². The van der Waals surface area contributed by atoms with Crippen LogP contribution in [-0.4, -0.2) is 63.8 Å². The molecule has 132 valence electrons. The molecule has 1 saturated heterocycles. The van der Waals surface area contributed by atoms with Gasteiger partial charge >= 0.3 is 0 Å². The fourth-order valence-corrected chi connectivity index (χ4v) is 2.57. The number of nitrogens with zero attached hydrogens (tertiary/aromatic N) is 2. The summed E-state index contributed by atoms with van der Waals surface area (Å²) in [6.07, 6.45) is 7.49. The summed E-state index contributed by atoms with van der Waals surface area (Å²) >= 11 is 0. The van der Waals surface area contributed by atoms with Gasteiger partial charge in [0, 0.05) is 33.4 Å². The SMILES string of the molecule is CCOCCCCNC(=NC)NCCCCN1CCCC1.I. The van der Waals surface area contributed by atoms with Crippen LogP contribution >= 0.6 is 24.0 Å². The van der Waals surface area contributed by atoms with Crippen LogP contribution in [0.5, 0.6) is 0 Å². The Morgan fingerprint density at radius 3 is 2.27 bits per heavy atom. The van der Waals surface area contributed by atoms with Crippen LogP contribution in [0.1, 0.15) is 45.4 Å². The molecule has 1 heterocycles. The normalized spacial score (nSPS) is 15.6. The number of halogens is 1. The zero-order valence-corrected chi connectivity index (χ0v) is 16.7. The number of likely N-dealkylation sites (tertiary alicyclic amines) is 1. The summed E-state index contributed by atoms with van der Waals surface area (Å²) in [5.41, 5.74) is 0. The summed E-state index contributed by atoms with van der Waals surface area (Å²) in [5.74, 6) is 0.924. The van der Waals surface area contributed by atoms with Crippen LogP contribution in [0.3, 0.4) is 0 Å². The van der Waals surface area contributed by atoms with Crippen LogP contribution < -0.4 is 10.6 Å². The standard InChI is InChI=1S/C16H34N4O.HI/c1-3-21-15-9-5-11-19-16(17-2)18-10-4-6-12-20-13-7-8-14-20;/h3-15H2,1-2H3,(H2,17,18,19);1H. The molecule has 0 amide bonds. The highest BCUT2D eigenvalue weighted by molar-refractivity contribution is 14.0. The van der Waals surface area contributed by atoms with Gasteiger partial charge < -0.3 is 20.3 Å². The number of aliphatic imine (C=N–C) groups is 1. The van der Waals surface area contributed by atoms with Crippen molar-refractivity contribution in [3.63, 3.8) is 0 Å². The molecular formula is C16H35IN4O. The molecule has 0 atom stereocenters. The first-order valence-corrected chi connectivity index (χ1v) is 8.61. The maximum Gasteiger partial charge on any atom is 0.190 e. The van der Waals surface area contributed by atoms with Crippen molar-refractivity contribution in [2.75, 3.05) is 53.0 Å².